The van der Waals surface area contributed by atoms with Crippen molar-refractivity contribution in [3.8, 4) is 5.75 Å². The summed E-state index contributed by atoms with van der Waals surface area (Å²) in [5, 5.41) is 3.09. The molecular formula is C16H22ClNO2. The van der Waals surface area contributed by atoms with Crippen molar-refractivity contribution < 1.29 is 9.53 Å². The Labute approximate surface area is 125 Å². The number of hydrogen-bond donors (Lipinski definition) is 1. The summed E-state index contributed by atoms with van der Waals surface area (Å²) in [7, 11) is 0. The van der Waals surface area contributed by atoms with Gasteiger partial charge in [-0.2, -0.15) is 0 Å². The molecule has 1 fully saturated rings. The zero-order chi connectivity index (χ0) is 14.5. The summed E-state index contributed by atoms with van der Waals surface area (Å²) in [5.41, 5.74) is 0.649. The van der Waals surface area contributed by atoms with Crippen LogP contribution in [-0.2, 0) is 0 Å². The molecular weight excluding hydrogens is 274 g/mol. The van der Waals surface area contributed by atoms with Crippen LogP contribution >= 0.6 is 11.6 Å². The van der Waals surface area contributed by atoms with E-state index in [4.69, 9.17) is 16.3 Å². The predicted molar refractivity (Wildman–Crippen MR) is 81.6 cm³/mol. The largest absolute Gasteiger partial charge is 0.491 e. The van der Waals surface area contributed by atoms with E-state index in [9.17, 15) is 4.79 Å². The molecule has 1 aromatic rings. The molecule has 0 saturated heterocycles. The van der Waals surface area contributed by atoms with Crippen LogP contribution in [0.25, 0.3) is 0 Å². The molecule has 0 radical (unpaired) electrons. The highest BCUT2D eigenvalue weighted by molar-refractivity contribution is 6.21. The summed E-state index contributed by atoms with van der Waals surface area (Å²) in [6.07, 6.45) is 4.37. The number of carbonyl (C=O) groups excluding carboxylic acids is 1. The molecule has 1 saturated carbocycles. The first-order valence-corrected chi connectivity index (χ1v) is 7.71. The van der Waals surface area contributed by atoms with Gasteiger partial charge in [-0.15, -0.1) is 11.6 Å². The van der Waals surface area contributed by atoms with Gasteiger partial charge in [-0.3, -0.25) is 4.79 Å². The highest BCUT2D eigenvalue weighted by atomic mass is 35.5. The van der Waals surface area contributed by atoms with E-state index in [1.807, 2.05) is 26.0 Å². The summed E-state index contributed by atoms with van der Waals surface area (Å²) < 4.78 is 5.56. The fourth-order valence-electron chi connectivity index (χ4n) is 2.46. The number of alkyl halides is 1. The molecule has 1 N–H and O–H groups in total. The van der Waals surface area contributed by atoms with Gasteiger partial charge in [0.05, 0.1) is 11.5 Å². The summed E-state index contributed by atoms with van der Waals surface area (Å²) in [6, 6.07) is 7.32. The highest BCUT2D eigenvalue weighted by Crippen LogP contribution is 2.23. The Morgan fingerprint density at radius 3 is 2.50 bits per heavy atom. The molecule has 20 heavy (non-hydrogen) atoms. The first-order chi connectivity index (χ1) is 9.56. The molecule has 1 aliphatic rings. The number of hydrogen-bond acceptors (Lipinski definition) is 2. The molecule has 2 rings (SSSR count). The van der Waals surface area contributed by atoms with Crippen molar-refractivity contribution in [1.29, 1.82) is 0 Å². The van der Waals surface area contributed by atoms with Crippen LogP contribution in [0.1, 0.15) is 49.9 Å². The van der Waals surface area contributed by atoms with Gasteiger partial charge in [0.1, 0.15) is 5.75 Å². The van der Waals surface area contributed by atoms with Crippen molar-refractivity contribution in [2.45, 2.75) is 57.1 Å². The molecule has 1 aliphatic carbocycles. The molecule has 0 aliphatic heterocycles. The van der Waals surface area contributed by atoms with E-state index in [1.54, 1.807) is 12.1 Å². The van der Waals surface area contributed by atoms with Gasteiger partial charge in [0.25, 0.3) is 5.91 Å². The van der Waals surface area contributed by atoms with Crippen LogP contribution in [0.5, 0.6) is 5.75 Å². The van der Waals surface area contributed by atoms with Crippen LogP contribution in [0, 0.1) is 0 Å². The molecule has 0 aromatic heterocycles. The fourth-order valence-corrected chi connectivity index (χ4v) is 2.80. The van der Waals surface area contributed by atoms with E-state index in [0.717, 1.165) is 31.4 Å². The van der Waals surface area contributed by atoms with Gasteiger partial charge < -0.3 is 10.1 Å². The molecule has 2 unspecified atom stereocenters. The molecule has 110 valence electrons. The first-order valence-electron chi connectivity index (χ1n) is 7.28. The molecule has 1 amide bonds. The zero-order valence-corrected chi connectivity index (χ0v) is 12.8. The Morgan fingerprint density at radius 2 is 1.90 bits per heavy atom. The van der Waals surface area contributed by atoms with Crippen LogP contribution in [0.2, 0.25) is 0 Å². The van der Waals surface area contributed by atoms with E-state index in [0.29, 0.717) is 5.56 Å². The topological polar surface area (TPSA) is 38.3 Å². The van der Waals surface area contributed by atoms with Gasteiger partial charge in [0.15, 0.2) is 0 Å². The zero-order valence-electron chi connectivity index (χ0n) is 12.1. The maximum Gasteiger partial charge on any atom is 0.251 e. The third-order valence-corrected chi connectivity index (χ3v) is 4.01. The van der Waals surface area contributed by atoms with Crippen molar-refractivity contribution in [2.75, 3.05) is 0 Å². The summed E-state index contributed by atoms with van der Waals surface area (Å²) in [6.45, 7) is 3.95. The molecule has 0 bridgehead atoms. The van der Waals surface area contributed by atoms with Crippen molar-refractivity contribution >= 4 is 17.5 Å². The Kier molecular flexibility index (Phi) is 5.30. The minimum atomic E-state index is -0.0568. The van der Waals surface area contributed by atoms with E-state index < -0.39 is 0 Å². The van der Waals surface area contributed by atoms with Crippen LogP contribution in [0.3, 0.4) is 0 Å². The van der Waals surface area contributed by atoms with Gasteiger partial charge in [-0.1, -0.05) is 12.8 Å². The third kappa shape index (κ3) is 4.14. The summed E-state index contributed by atoms with van der Waals surface area (Å²) in [4.78, 5) is 12.2. The standard InChI is InChI=1S/C16H22ClNO2/c1-11(2)20-13-9-7-12(8-10-13)16(19)18-15-6-4-3-5-14(15)17/h7-11,14-15H,3-6H2,1-2H3,(H,18,19). The molecule has 2 atom stereocenters. The number of ether oxygens (including phenoxy) is 1. The normalized spacial score (nSPS) is 22.6. The minimum absolute atomic E-state index is 0.0521. The van der Waals surface area contributed by atoms with E-state index in [1.165, 1.54) is 0 Å². The number of rotatable bonds is 4. The SMILES string of the molecule is CC(C)Oc1ccc(C(=O)NC2CCCCC2Cl)cc1. The minimum Gasteiger partial charge on any atom is -0.491 e. The quantitative estimate of drug-likeness (QED) is 0.859. The van der Waals surface area contributed by atoms with Gasteiger partial charge in [0, 0.05) is 11.6 Å². The molecule has 3 nitrogen and oxygen atoms in total. The average molecular weight is 296 g/mol. The van der Waals surface area contributed by atoms with Gasteiger partial charge in [0.2, 0.25) is 0 Å². The second-order valence-electron chi connectivity index (χ2n) is 5.57. The molecule has 4 heteroatoms. The van der Waals surface area contributed by atoms with E-state index in [-0.39, 0.29) is 23.4 Å². The average Bonchev–Trinajstić information content (AvgIpc) is 2.41. The van der Waals surface area contributed by atoms with Crippen molar-refractivity contribution in [2.24, 2.45) is 0 Å². The number of carbonyl (C=O) groups is 1. The molecule has 1 aromatic carbocycles. The van der Waals surface area contributed by atoms with Crippen LogP contribution < -0.4 is 10.1 Å². The number of benzene rings is 1. The Balaban J connectivity index is 1.95. The first kappa shape index (κ1) is 15.2. The van der Waals surface area contributed by atoms with Crippen LogP contribution in [0.4, 0.5) is 0 Å². The van der Waals surface area contributed by atoms with E-state index in [2.05, 4.69) is 5.32 Å². The molecule has 0 spiro atoms. The fraction of sp³-hybridized carbons (Fsp3) is 0.562. The van der Waals surface area contributed by atoms with Gasteiger partial charge in [-0.25, -0.2) is 0 Å². The smallest absolute Gasteiger partial charge is 0.251 e. The second kappa shape index (κ2) is 6.98. The summed E-state index contributed by atoms with van der Waals surface area (Å²) >= 11 is 6.26. The molecule has 0 heterocycles. The van der Waals surface area contributed by atoms with Gasteiger partial charge in [-0.05, 0) is 51.0 Å². The lowest BCUT2D eigenvalue weighted by Crippen LogP contribution is -2.42. The van der Waals surface area contributed by atoms with Crippen molar-refractivity contribution in [3.05, 3.63) is 29.8 Å². The van der Waals surface area contributed by atoms with E-state index >= 15 is 0 Å². The number of amides is 1. The Bertz CT molecular complexity index is 444. The number of nitrogens with one attached hydrogen (secondary N) is 1. The Morgan fingerprint density at radius 1 is 1.25 bits per heavy atom. The lowest BCUT2D eigenvalue weighted by atomic mass is 9.94. The van der Waals surface area contributed by atoms with Crippen LogP contribution in [0.15, 0.2) is 24.3 Å². The number of halogens is 1. The van der Waals surface area contributed by atoms with Gasteiger partial charge >= 0.3 is 0 Å². The van der Waals surface area contributed by atoms with Crippen molar-refractivity contribution in [3.63, 3.8) is 0 Å². The Hall–Kier alpha value is -1.22. The lowest BCUT2D eigenvalue weighted by molar-refractivity contribution is 0.0928. The second-order valence-corrected chi connectivity index (χ2v) is 6.13. The third-order valence-electron chi connectivity index (χ3n) is 3.49. The maximum absolute atomic E-state index is 12.2. The predicted octanol–water partition coefficient (Wildman–Crippen LogP) is 3.75. The summed E-state index contributed by atoms with van der Waals surface area (Å²) in [5.74, 6) is 0.725. The monoisotopic (exact) mass is 295 g/mol. The highest BCUT2D eigenvalue weighted by Gasteiger charge is 2.24. The van der Waals surface area contributed by atoms with Crippen molar-refractivity contribution in [1.82, 2.24) is 5.32 Å². The van der Waals surface area contributed by atoms with Crippen LogP contribution in [-0.4, -0.2) is 23.4 Å². The maximum atomic E-state index is 12.2. The lowest BCUT2D eigenvalue weighted by Gasteiger charge is -2.27.